The Hall–Kier alpha value is -1.49. The SMILES string of the molecule is CCCCSc1ccc2c(CCCCC3CC(c4cccs4)=CCN3)c[nH]c2c1. The van der Waals surface area contributed by atoms with Crippen LogP contribution < -0.4 is 5.32 Å². The number of H-pyrrole nitrogens is 1. The Labute approximate surface area is 183 Å². The molecule has 0 saturated carbocycles. The van der Waals surface area contributed by atoms with Gasteiger partial charge in [0.15, 0.2) is 0 Å². The normalized spacial score (nSPS) is 17.0. The minimum absolute atomic E-state index is 0.628. The zero-order chi connectivity index (χ0) is 19.9. The average Bonchev–Trinajstić information content (AvgIpc) is 3.42. The number of aromatic amines is 1. The summed E-state index contributed by atoms with van der Waals surface area (Å²) in [6, 6.07) is 12.0. The lowest BCUT2D eigenvalue weighted by Gasteiger charge is -2.24. The highest BCUT2D eigenvalue weighted by Crippen LogP contribution is 2.29. The second-order valence-electron chi connectivity index (χ2n) is 7.99. The van der Waals surface area contributed by atoms with Crippen LogP contribution in [-0.4, -0.2) is 23.3 Å². The molecule has 0 aliphatic carbocycles. The van der Waals surface area contributed by atoms with Gasteiger partial charge in [-0.3, -0.25) is 0 Å². The van der Waals surface area contributed by atoms with Gasteiger partial charge in [-0.2, -0.15) is 0 Å². The van der Waals surface area contributed by atoms with Crippen molar-refractivity contribution < 1.29 is 0 Å². The summed E-state index contributed by atoms with van der Waals surface area (Å²) in [5.74, 6) is 1.22. The van der Waals surface area contributed by atoms with Gasteiger partial charge in [-0.05, 0) is 72.6 Å². The molecule has 154 valence electrons. The lowest BCUT2D eigenvalue weighted by molar-refractivity contribution is 0.477. The van der Waals surface area contributed by atoms with Crippen molar-refractivity contribution in [3.63, 3.8) is 0 Å². The van der Waals surface area contributed by atoms with Crippen LogP contribution in [0, 0.1) is 0 Å². The quantitative estimate of drug-likeness (QED) is 0.264. The fourth-order valence-electron chi connectivity index (χ4n) is 4.14. The van der Waals surface area contributed by atoms with Gasteiger partial charge >= 0.3 is 0 Å². The molecule has 0 spiro atoms. The molecule has 0 fully saturated rings. The number of aromatic nitrogens is 1. The van der Waals surface area contributed by atoms with Gasteiger partial charge in [0.2, 0.25) is 0 Å². The number of thioether (sulfide) groups is 1. The van der Waals surface area contributed by atoms with E-state index in [-0.39, 0.29) is 0 Å². The zero-order valence-electron chi connectivity index (χ0n) is 17.4. The van der Waals surface area contributed by atoms with Crippen molar-refractivity contribution in [1.29, 1.82) is 0 Å². The third kappa shape index (κ3) is 5.56. The highest BCUT2D eigenvalue weighted by Gasteiger charge is 2.16. The molecule has 2 nitrogen and oxygen atoms in total. The third-order valence-electron chi connectivity index (χ3n) is 5.81. The smallest absolute Gasteiger partial charge is 0.0468 e. The number of nitrogens with one attached hydrogen (secondary N) is 2. The molecule has 0 radical (unpaired) electrons. The molecule has 3 heterocycles. The molecule has 0 saturated heterocycles. The summed E-state index contributed by atoms with van der Waals surface area (Å²) in [4.78, 5) is 6.33. The summed E-state index contributed by atoms with van der Waals surface area (Å²) in [6.45, 7) is 3.27. The van der Waals surface area contributed by atoms with E-state index in [9.17, 15) is 0 Å². The van der Waals surface area contributed by atoms with Crippen LogP contribution >= 0.6 is 23.1 Å². The standard InChI is InChI=1S/C25H32N2S2/c1-2-3-14-28-22-10-11-23-20(18-27-24(23)17-22)7-4-5-8-21-16-19(12-13-26-21)25-9-6-15-29-25/h6,9-12,15,17-18,21,26-27H,2-5,7-8,13-14,16H2,1H3. The van der Waals surface area contributed by atoms with Crippen LogP contribution in [0.4, 0.5) is 0 Å². The Bertz CT molecular complexity index is 924. The van der Waals surface area contributed by atoms with Crippen LogP contribution in [-0.2, 0) is 6.42 Å². The first kappa shape index (κ1) is 20.8. The summed E-state index contributed by atoms with van der Waals surface area (Å²) in [7, 11) is 0. The van der Waals surface area contributed by atoms with Gasteiger partial charge in [-0.15, -0.1) is 23.1 Å². The molecule has 0 amide bonds. The number of fused-ring (bicyclic) bond motifs is 1. The van der Waals surface area contributed by atoms with Crippen molar-refractivity contribution in [2.75, 3.05) is 12.3 Å². The Kier molecular flexibility index (Phi) is 7.53. The van der Waals surface area contributed by atoms with Crippen molar-refractivity contribution in [1.82, 2.24) is 10.3 Å². The molecule has 4 rings (SSSR count). The molecular formula is C25H32N2S2. The minimum atomic E-state index is 0.628. The maximum atomic E-state index is 3.68. The van der Waals surface area contributed by atoms with Crippen molar-refractivity contribution >= 4 is 39.6 Å². The van der Waals surface area contributed by atoms with E-state index in [1.807, 2.05) is 23.1 Å². The third-order valence-corrected chi connectivity index (χ3v) is 7.84. The van der Waals surface area contributed by atoms with Gasteiger partial charge in [0, 0.05) is 39.5 Å². The van der Waals surface area contributed by atoms with Gasteiger partial charge in [0.25, 0.3) is 0 Å². The largest absolute Gasteiger partial charge is 0.361 e. The molecule has 1 aliphatic heterocycles. The van der Waals surface area contributed by atoms with Gasteiger partial charge in [0.1, 0.15) is 0 Å². The summed E-state index contributed by atoms with van der Waals surface area (Å²) in [6.07, 6.45) is 13.3. The monoisotopic (exact) mass is 424 g/mol. The van der Waals surface area contributed by atoms with Gasteiger partial charge < -0.3 is 10.3 Å². The van der Waals surface area contributed by atoms with Crippen LogP contribution in [0.2, 0.25) is 0 Å². The maximum Gasteiger partial charge on any atom is 0.0468 e. The second kappa shape index (κ2) is 10.5. The molecule has 1 unspecified atom stereocenters. The number of thiophene rings is 1. The number of hydrogen-bond donors (Lipinski definition) is 2. The summed E-state index contributed by atoms with van der Waals surface area (Å²) >= 11 is 3.84. The fraction of sp³-hybridized carbons (Fsp3) is 0.440. The highest BCUT2D eigenvalue weighted by atomic mass is 32.2. The zero-order valence-corrected chi connectivity index (χ0v) is 19.0. The van der Waals surface area contributed by atoms with Gasteiger partial charge in [-0.25, -0.2) is 0 Å². The number of hydrogen-bond acceptors (Lipinski definition) is 3. The number of aryl methyl sites for hydroxylation is 1. The number of rotatable bonds is 10. The van der Waals surface area contributed by atoms with Gasteiger partial charge in [0.05, 0.1) is 0 Å². The Balaban J connectivity index is 1.24. The van der Waals surface area contributed by atoms with Crippen molar-refractivity contribution in [3.05, 3.63) is 58.4 Å². The summed E-state index contributed by atoms with van der Waals surface area (Å²) in [5.41, 5.74) is 4.30. The van der Waals surface area contributed by atoms with E-state index in [0.29, 0.717) is 6.04 Å². The summed E-state index contributed by atoms with van der Waals surface area (Å²) in [5, 5.41) is 7.27. The van der Waals surface area contributed by atoms with E-state index in [0.717, 1.165) is 6.54 Å². The summed E-state index contributed by atoms with van der Waals surface area (Å²) < 4.78 is 0. The maximum absolute atomic E-state index is 3.68. The highest BCUT2D eigenvalue weighted by molar-refractivity contribution is 7.99. The predicted molar refractivity (Wildman–Crippen MR) is 130 cm³/mol. The molecule has 1 atom stereocenters. The van der Waals surface area contributed by atoms with Gasteiger partial charge in [-0.1, -0.05) is 38.0 Å². The van der Waals surface area contributed by atoms with E-state index in [2.05, 4.69) is 65.2 Å². The van der Waals surface area contributed by atoms with E-state index in [4.69, 9.17) is 0 Å². The van der Waals surface area contributed by atoms with E-state index < -0.39 is 0 Å². The van der Waals surface area contributed by atoms with Crippen molar-refractivity contribution in [3.8, 4) is 0 Å². The van der Waals surface area contributed by atoms with Crippen LogP contribution in [0.25, 0.3) is 16.5 Å². The lowest BCUT2D eigenvalue weighted by atomic mass is 9.95. The topological polar surface area (TPSA) is 27.8 Å². The Morgan fingerprint density at radius 2 is 2.14 bits per heavy atom. The first-order valence-corrected chi connectivity index (χ1v) is 12.9. The molecule has 29 heavy (non-hydrogen) atoms. The number of unbranched alkanes of at least 4 members (excludes halogenated alkanes) is 2. The van der Waals surface area contributed by atoms with Crippen molar-refractivity contribution in [2.45, 2.75) is 62.8 Å². The Morgan fingerprint density at radius 1 is 1.17 bits per heavy atom. The van der Waals surface area contributed by atoms with E-state index in [1.165, 1.54) is 82.5 Å². The molecule has 0 bridgehead atoms. The van der Waals surface area contributed by atoms with Crippen LogP contribution in [0.3, 0.4) is 0 Å². The molecular weight excluding hydrogens is 392 g/mol. The first-order valence-electron chi connectivity index (χ1n) is 11.0. The van der Waals surface area contributed by atoms with Crippen LogP contribution in [0.15, 0.2) is 52.9 Å². The molecule has 4 heteroatoms. The molecule has 3 aromatic rings. The van der Waals surface area contributed by atoms with Crippen LogP contribution in [0.5, 0.6) is 0 Å². The predicted octanol–water partition coefficient (Wildman–Crippen LogP) is 7.28. The Morgan fingerprint density at radius 3 is 3.00 bits per heavy atom. The molecule has 2 N–H and O–H groups in total. The number of benzene rings is 1. The second-order valence-corrected chi connectivity index (χ2v) is 10.1. The molecule has 1 aliphatic rings. The van der Waals surface area contributed by atoms with Crippen LogP contribution in [0.1, 0.15) is 55.9 Å². The van der Waals surface area contributed by atoms with Crippen molar-refractivity contribution in [2.24, 2.45) is 0 Å². The minimum Gasteiger partial charge on any atom is -0.361 e. The van der Waals surface area contributed by atoms with E-state index >= 15 is 0 Å². The first-order chi connectivity index (χ1) is 14.3. The lowest BCUT2D eigenvalue weighted by Crippen LogP contribution is -2.32. The van der Waals surface area contributed by atoms with E-state index in [1.54, 1.807) is 0 Å². The molecule has 2 aromatic heterocycles. The fourth-order valence-corrected chi connectivity index (χ4v) is 5.95. The average molecular weight is 425 g/mol. The molecule has 1 aromatic carbocycles.